The highest BCUT2D eigenvalue weighted by molar-refractivity contribution is 6.45. The summed E-state index contributed by atoms with van der Waals surface area (Å²) in [5.74, 6) is 1.68. The predicted octanol–water partition coefficient (Wildman–Crippen LogP) is 3.47. The Kier molecular flexibility index (Phi) is 4.60. The Bertz CT molecular complexity index is 725. The van der Waals surface area contributed by atoms with E-state index in [0.717, 1.165) is 16.7 Å². The molecule has 0 aliphatic carbocycles. The van der Waals surface area contributed by atoms with Gasteiger partial charge >= 0.3 is 13.1 Å². The molecule has 1 heterocycles. The third-order valence-electron chi connectivity index (χ3n) is 5.44. The van der Waals surface area contributed by atoms with E-state index in [1.807, 2.05) is 41.5 Å². The molecule has 5 heteroatoms. The van der Waals surface area contributed by atoms with Crippen molar-refractivity contribution in [3.05, 3.63) is 33.4 Å². The van der Waals surface area contributed by atoms with Gasteiger partial charge in [0.25, 0.3) is 0 Å². The summed E-state index contributed by atoms with van der Waals surface area (Å²) in [6, 6.07) is 0. The average Bonchev–Trinajstić information content (AvgIpc) is 2.62. The quantitative estimate of drug-likeness (QED) is 0.682. The lowest BCUT2D eigenvalue weighted by molar-refractivity contribution is 0.00578. The Balaban J connectivity index is 2.51. The highest BCUT2D eigenvalue weighted by Crippen LogP contribution is 2.38. The Morgan fingerprint density at radius 3 is 2.00 bits per heavy atom. The number of carboxylic acids is 1. The van der Waals surface area contributed by atoms with Gasteiger partial charge in [-0.05, 0) is 70.7 Å². The van der Waals surface area contributed by atoms with Crippen molar-refractivity contribution in [3.63, 3.8) is 0 Å². The van der Waals surface area contributed by atoms with E-state index in [1.165, 1.54) is 0 Å². The zero-order valence-corrected chi connectivity index (χ0v) is 15.5. The lowest BCUT2D eigenvalue weighted by Crippen LogP contribution is -2.41. The Morgan fingerprint density at radius 2 is 1.58 bits per heavy atom. The van der Waals surface area contributed by atoms with Crippen molar-refractivity contribution in [2.75, 3.05) is 0 Å². The van der Waals surface area contributed by atoms with Crippen LogP contribution in [0.2, 0.25) is 0 Å². The summed E-state index contributed by atoms with van der Waals surface area (Å²) in [5, 5.41) is 9.58. The summed E-state index contributed by atoms with van der Waals surface area (Å²) in [4.78, 5) is 11.7. The molecule has 1 fully saturated rings. The summed E-state index contributed by atoms with van der Waals surface area (Å²) in [6.07, 6.45) is 6.10. The van der Waals surface area contributed by atoms with E-state index >= 15 is 0 Å². The molecule has 1 aromatic carbocycles. The van der Waals surface area contributed by atoms with Crippen molar-refractivity contribution in [1.29, 1.82) is 0 Å². The van der Waals surface area contributed by atoms with Crippen LogP contribution in [0.5, 0.6) is 0 Å². The molecule has 24 heavy (non-hydrogen) atoms. The second-order valence-electron chi connectivity index (χ2n) is 7.44. The Labute approximate surface area is 144 Å². The van der Waals surface area contributed by atoms with Gasteiger partial charge in [0.15, 0.2) is 0 Å². The topological polar surface area (TPSA) is 55.8 Å². The Hall–Kier alpha value is -1.77. The Morgan fingerprint density at radius 1 is 1.08 bits per heavy atom. The summed E-state index contributed by atoms with van der Waals surface area (Å²) < 4.78 is 12.1. The van der Waals surface area contributed by atoms with E-state index in [2.05, 4.69) is 5.92 Å². The fourth-order valence-electron chi connectivity index (χ4n) is 3.33. The zero-order valence-electron chi connectivity index (χ0n) is 15.5. The lowest BCUT2D eigenvalue weighted by atomic mass is 9.75. The molecule has 1 aliphatic heterocycles. The molecule has 1 aliphatic rings. The molecule has 0 atom stereocenters. The van der Waals surface area contributed by atoms with Gasteiger partial charge in [-0.2, -0.15) is 0 Å². The van der Waals surface area contributed by atoms with Gasteiger partial charge < -0.3 is 14.4 Å². The molecule has 2 rings (SSSR count). The number of rotatable bonds is 3. The first-order valence-electron chi connectivity index (χ1n) is 8.11. The van der Waals surface area contributed by atoms with Crippen molar-refractivity contribution in [2.24, 2.45) is 0 Å². The minimum atomic E-state index is -0.961. The van der Waals surface area contributed by atoms with Crippen LogP contribution in [0, 0.1) is 33.1 Å². The highest BCUT2D eigenvalue weighted by Gasteiger charge is 2.51. The molecule has 0 bridgehead atoms. The third-order valence-corrected chi connectivity index (χ3v) is 5.44. The van der Waals surface area contributed by atoms with Crippen LogP contribution in [-0.4, -0.2) is 29.4 Å². The number of carbonyl (C=O) groups is 1. The standard InChI is InChI=1S/C19H25BO4/c1-9-14-11(2)15(13(4)16(12(14)3)17(21)22)10-20-23-18(5,6)19(7,8)24-20/h1H,10H2,2-8H3,(H,21,22). The van der Waals surface area contributed by atoms with Crippen molar-refractivity contribution in [2.45, 2.75) is 66.0 Å². The van der Waals surface area contributed by atoms with Gasteiger partial charge in [0.05, 0.1) is 16.8 Å². The first kappa shape index (κ1) is 18.6. The van der Waals surface area contributed by atoms with E-state index in [4.69, 9.17) is 15.7 Å². The number of aromatic carboxylic acids is 1. The first-order valence-corrected chi connectivity index (χ1v) is 8.11. The molecule has 1 saturated heterocycles. The van der Waals surface area contributed by atoms with Crippen LogP contribution in [0.4, 0.5) is 0 Å². The zero-order chi connectivity index (χ0) is 18.4. The average molecular weight is 328 g/mol. The van der Waals surface area contributed by atoms with Crippen molar-refractivity contribution >= 4 is 13.1 Å². The molecule has 0 unspecified atom stereocenters. The molecule has 128 valence electrons. The summed E-state index contributed by atoms with van der Waals surface area (Å²) in [7, 11) is -0.428. The van der Waals surface area contributed by atoms with Crippen LogP contribution >= 0.6 is 0 Å². The molecule has 0 amide bonds. The normalized spacial score (nSPS) is 18.5. The molecule has 1 N–H and O–H groups in total. The van der Waals surface area contributed by atoms with Gasteiger partial charge in [0.2, 0.25) is 0 Å². The van der Waals surface area contributed by atoms with E-state index < -0.39 is 24.3 Å². The van der Waals surface area contributed by atoms with Gasteiger partial charge in [-0.1, -0.05) is 5.92 Å². The molecular formula is C19H25BO4. The lowest BCUT2D eigenvalue weighted by Gasteiger charge is -2.32. The van der Waals surface area contributed by atoms with Gasteiger partial charge in [-0.25, -0.2) is 4.79 Å². The van der Waals surface area contributed by atoms with Crippen LogP contribution in [0.1, 0.15) is 65.9 Å². The second-order valence-corrected chi connectivity index (χ2v) is 7.44. The number of benzene rings is 1. The van der Waals surface area contributed by atoms with Gasteiger partial charge in [-0.3, -0.25) is 0 Å². The minimum absolute atomic E-state index is 0.278. The van der Waals surface area contributed by atoms with E-state index in [-0.39, 0.29) is 5.56 Å². The van der Waals surface area contributed by atoms with Crippen molar-refractivity contribution in [1.82, 2.24) is 0 Å². The van der Waals surface area contributed by atoms with Crippen LogP contribution in [0.25, 0.3) is 0 Å². The van der Waals surface area contributed by atoms with E-state index in [1.54, 1.807) is 6.92 Å². The van der Waals surface area contributed by atoms with E-state index in [9.17, 15) is 9.90 Å². The molecule has 0 saturated carbocycles. The van der Waals surface area contributed by atoms with Crippen LogP contribution in [-0.2, 0) is 15.6 Å². The second kappa shape index (κ2) is 5.95. The highest BCUT2D eigenvalue weighted by atomic mass is 16.7. The van der Waals surface area contributed by atoms with Crippen molar-refractivity contribution in [3.8, 4) is 12.3 Å². The number of carboxylic acid groups (broad SMARTS) is 1. The SMILES string of the molecule is C#Cc1c(C)c(CB2OC(C)(C)C(C)(C)O2)c(C)c(C(=O)O)c1C. The smallest absolute Gasteiger partial charge is 0.462 e. The predicted molar refractivity (Wildman–Crippen MR) is 95.3 cm³/mol. The van der Waals surface area contributed by atoms with Gasteiger partial charge in [0, 0.05) is 11.9 Å². The van der Waals surface area contributed by atoms with Crippen LogP contribution in [0.3, 0.4) is 0 Å². The van der Waals surface area contributed by atoms with Crippen molar-refractivity contribution < 1.29 is 19.2 Å². The molecule has 1 aromatic rings. The fourth-order valence-corrected chi connectivity index (χ4v) is 3.33. The minimum Gasteiger partial charge on any atom is -0.478 e. The summed E-state index contributed by atoms with van der Waals surface area (Å²) >= 11 is 0. The first-order chi connectivity index (χ1) is 10.9. The molecule has 0 aromatic heterocycles. The maximum atomic E-state index is 11.7. The third kappa shape index (κ3) is 2.85. The molecule has 0 radical (unpaired) electrons. The maximum absolute atomic E-state index is 11.7. The van der Waals surface area contributed by atoms with Crippen LogP contribution in [0.15, 0.2) is 0 Å². The van der Waals surface area contributed by atoms with E-state index in [0.29, 0.717) is 17.4 Å². The van der Waals surface area contributed by atoms with Crippen LogP contribution < -0.4 is 0 Å². The molecule has 4 nitrogen and oxygen atoms in total. The largest absolute Gasteiger partial charge is 0.478 e. The van der Waals surface area contributed by atoms with Gasteiger partial charge in [0.1, 0.15) is 0 Å². The number of hydrogen-bond donors (Lipinski definition) is 1. The molecule has 0 spiro atoms. The molecular weight excluding hydrogens is 303 g/mol. The maximum Gasteiger partial charge on any atom is 0.462 e. The number of hydrogen-bond acceptors (Lipinski definition) is 3. The fraction of sp³-hybridized carbons (Fsp3) is 0.526. The number of terminal acetylenes is 1. The monoisotopic (exact) mass is 328 g/mol. The summed E-state index contributed by atoms with van der Waals surface area (Å²) in [6.45, 7) is 13.5. The summed E-state index contributed by atoms with van der Waals surface area (Å²) in [5.41, 5.74) is 3.26. The van der Waals surface area contributed by atoms with Gasteiger partial charge in [-0.15, -0.1) is 6.42 Å².